The second-order valence-corrected chi connectivity index (χ2v) is 6.24. The summed E-state index contributed by atoms with van der Waals surface area (Å²) in [5.41, 5.74) is 5.72. The molecule has 0 heterocycles. The van der Waals surface area contributed by atoms with E-state index in [9.17, 15) is 4.79 Å². The molecule has 0 aliphatic rings. The van der Waals surface area contributed by atoms with E-state index < -0.39 is 0 Å². The number of carbonyl (C=O) groups is 1. The first-order chi connectivity index (χ1) is 8.36. The third kappa shape index (κ3) is 7.00. The van der Waals surface area contributed by atoms with E-state index in [0.717, 1.165) is 13.0 Å². The lowest BCUT2D eigenvalue weighted by molar-refractivity contribution is -0.132. The molecule has 0 aliphatic carbocycles. The van der Waals surface area contributed by atoms with Gasteiger partial charge >= 0.3 is 0 Å². The summed E-state index contributed by atoms with van der Waals surface area (Å²) in [7, 11) is 1.90. The number of amides is 1. The summed E-state index contributed by atoms with van der Waals surface area (Å²) in [5.74, 6) is 0.806. The van der Waals surface area contributed by atoms with Gasteiger partial charge in [0.2, 0.25) is 5.91 Å². The number of rotatable bonds is 9. The quantitative estimate of drug-likeness (QED) is 0.689. The largest absolute Gasteiger partial charge is 0.345 e. The molecule has 0 bridgehead atoms. The molecule has 108 valence electrons. The van der Waals surface area contributed by atoms with Gasteiger partial charge in [0.05, 0.1) is 0 Å². The van der Waals surface area contributed by atoms with Gasteiger partial charge in [-0.2, -0.15) is 0 Å². The lowest BCUT2D eigenvalue weighted by atomic mass is 9.92. The van der Waals surface area contributed by atoms with E-state index in [1.807, 2.05) is 11.9 Å². The summed E-state index contributed by atoms with van der Waals surface area (Å²) in [6.45, 7) is 9.93. The maximum Gasteiger partial charge on any atom is 0.222 e. The van der Waals surface area contributed by atoms with Crippen LogP contribution >= 0.6 is 0 Å². The Hall–Kier alpha value is -0.570. The fourth-order valence-electron chi connectivity index (χ4n) is 2.14. The van der Waals surface area contributed by atoms with Crippen molar-refractivity contribution in [3.8, 4) is 0 Å². The number of hydrogen-bond donors (Lipinski definition) is 1. The molecule has 0 aromatic heterocycles. The van der Waals surface area contributed by atoms with Crippen molar-refractivity contribution < 1.29 is 4.79 Å². The van der Waals surface area contributed by atoms with Crippen LogP contribution in [0.5, 0.6) is 0 Å². The van der Waals surface area contributed by atoms with Gasteiger partial charge in [-0.05, 0) is 24.3 Å². The summed E-state index contributed by atoms with van der Waals surface area (Å²) >= 11 is 0. The highest BCUT2D eigenvalue weighted by Crippen LogP contribution is 2.19. The predicted octanol–water partition coefficient (Wildman–Crippen LogP) is 3.04. The lowest BCUT2D eigenvalue weighted by Crippen LogP contribution is -2.40. The average Bonchev–Trinajstić information content (AvgIpc) is 2.33. The molecular formula is C15H32N2O. The zero-order chi connectivity index (χ0) is 14.2. The Kier molecular flexibility index (Phi) is 8.25. The molecule has 1 unspecified atom stereocenters. The summed E-state index contributed by atoms with van der Waals surface area (Å²) in [4.78, 5) is 14.0. The van der Waals surface area contributed by atoms with Gasteiger partial charge in [-0.1, -0.05) is 47.0 Å². The van der Waals surface area contributed by atoms with E-state index in [1.165, 1.54) is 19.3 Å². The van der Waals surface area contributed by atoms with Crippen molar-refractivity contribution in [3.05, 3.63) is 0 Å². The van der Waals surface area contributed by atoms with Crippen LogP contribution in [-0.4, -0.2) is 30.9 Å². The van der Waals surface area contributed by atoms with Crippen LogP contribution in [0.2, 0.25) is 0 Å². The zero-order valence-corrected chi connectivity index (χ0v) is 13.0. The van der Waals surface area contributed by atoms with Crippen molar-refractivity contribution in [1.82, 2.24) is 4.90 Å². The SMILES string of the molecule is CCCCC(CC)CC(=O)N(C)CC(C)(C)CN. The molecular weight excluding hydrogens is 224 g/mol. The van der Waals surface area contributed by atoms with Gasteiger partial charge in [0.1, 0.15) is 0 Å². The molecule has 0 saturated heterocycles. The molecule has 0 aromatic carbocycles. The van der Waals surface area contributed by atoms with Crippen molar-refractivity contribution in [1.29, 1.82) is 0 Å². The highest BCUT2D eigenvalue weighted by Gasteiger charge is 2.22. The van der Waals surface area contributed by atoms with Crippen LogP contribution in [0.15, 0.2) is 0 Å². The number of nitrogens with two attached hydrogens (primary N) is 1. The number of carbonyl (C=O) groups excluding carboxylic acids is 1. The number of nitrogens with zero attached hydrogens (tertiary/aromatic N) is 1. The first-order valence-electron chi connectivity index (χ1n) is 7.30. The third-order valence-electron chi connectivity index (χ3n) is 3.65. The minimum Gasteiger partial charge on any atom is -0.345 e. The Morgan fingerprint density at radius 3 is 2.39 bits per heavy atom. The monoisotopic (exact) mass is 256 g/mol. The number of hydrogen-bond acceptors (Lipinski definition) is 2. The summed E-state index contributed by atoms with van der Waals surface area (Å²) in [5, 5.41) is 0. The van der Waals surface area contributed by atoms with Crippen molar-refractivity contribution in [2.75, 3.05) is 20.1 Å². The van der Waals surface area contributed by atoms with Crippen LogP contribution in [0.1, 0.15) is 59.8 Å². The Labute approximate surface area is 113 Å². The van der Waals surface area contributed by atoms with Gasteiger partial charge in [-0.25, -0.2) is 0 Å². The van der Waals surface area contributed by atoms with Gasteiger partial charge in [0, 0.05) is 20.0 Å². The van der Waals surface area contributed by atoms with Crippen LogP contribution in [0.25, 0.3) is 0 Å². The van der Waals surface area contributed by atoms with E-state index in [4.69, 9.17) is 5.73 Å². The fraction of sp³-hybridized carbons (Fsp3) is 0.933. The van der Waals surface area contributed by atoms with Crippen LogP contribution in [0, 0.1) is 11.3 Å². The van der Waals surface area contributed by atoms with Gasteiger partial charge in [-0.3, -0.25) is 4.79 Å². The molecule has 0 rings (SSSR count). The van der Waals surface area contributed by atoms with Crippen molar-refractivity contribution >= 4 is 5.91 Å². The summed E-state index contributed by atoms with van der Waals surface area (Å²) < 4.78 is 0. The van der Waals surface area contributed by atoms with Crippen LogP contribution in [0.4, 0.5) is 0 Å². The normalized spacial score (nSPS) is 13.4. The molecule has 18 heavy (non-hydrogen) atoms. The van der Waals surface area contributed by atoms with Crippen molar-refractivity contribution in [2.45, 2.75) is 59.8 Å². The molecule has 1 atom stereocenters. The summed E-state index contributed by atoms with van der Waals surface area (Å²) in [6.07, 6.45) is 5.39. The topological polar surface area (TPSA) is 46.3 Å². The second-order valence-electron chi connectivity index (χ2n) is 6.24. The molecule has 0 radical (unpaired) electrons. The first kappa shape index (κ1) is 17.4. The molecule has 0 fully saturated rings. The molecule has 1 amide bonds. The molecule has 3 nitrogen and oxygen atoms in total. The standard InChI is InChI=1S/C15H32N2O/c1-6-8-9-13(7-2)10-14(18)17(5)12-15(3,4)11-16/h13H,6-12,16H2,1-5H3. The Balaban J connectivity index is 4.20. The van der Waals surface area contributed by atoms with Crippen LogP contribution in [0.3, 0.4) is 0 Å². The maximum absolute atomic E-state index is 12.2. The second kappa shape index (κ2) is 8.52. The van der Waals surface area contributed by atoms with Crippen LogP contribution in [-0.2, 0) is 4.79 Å². The van der Waals surface area contributed by atoms with Gasteiger partial charge in [0.15, 0.2) is 0 Å². The van der Waals surface area contributed by atoms with E-state index in [-0.39, 0.29) is 11.3 Å². The minimum absolute atomic E-state index is 0.00946. The minimum atomic E-state index is 0.00946. The average molecular weight is 256 g/mol. The third-order valence-corrected chi connectivity index (χ3v) is 3.65. The Morgan fingerprint density at radius 2 is 1.94 bits per heavy atom. The van der Waals surface area contributed by atoms with E-state index in [2.05, 4.69) is 27.7 Å². The molecule has 3 heteroatoms. The van der Waals surface area contributed by atoms with Crippen molar-refractivity contribution in [2.24, 2.45) is 17.1 Å². The molecule has 0 saturated carbocycles. The van der Waals surface area contributed by atoms with E-state index in [0.29, 0.717) is 18.9 Å². The predicted molar refractivity (Wildman–Crippen MR) is 78.4 cm³/mol. The Bertz CT molecular complexity index is 239. The first-order valence-corrected chi connectivity index (χ1v) is 7.30. The lowest BCUT2D eigenvalue weighted by Gasteiger charge is -2.30. The Morgan fingerprint density at radius 1 is 1.33 bits per heavy atom. The van der Waals surface area contributed by atoms with Crippen molar-refractivity contribution in [3.63, 3.8) is 0 Å². The van der Waals surface area contributed by atoms with E-state index in [1.54, 1.807) is 0 Å². The molecule has 0 aromatic rings. The van der Waals surface area contributed by atoms with Crippen LogP contribution < -0.4 is 5.73 Å². The van der Waals surface area contributed by atoms with Gasteiger partial charge in [-0.15, -0.1) is 0 Å². The maximum atomic E-state index is 12.2. The van der Waals surface area contributed by atoms with E-state index >= 15 is 0 Å². The highest BCUT2D eigenvalue weighted by molar-refractivity contribution is 5.76. The smallest absolute Gasteiger partial charge is 0.222 e. The molecule has 0 spiro atoms. The molecule has 2 N–H and O–H groups in total. The number of unbranched alkanes of at least 4 members (excludes halogenated alkanes) is 1. The highest BCUT2D eigenvalue weighted by atomic mass is 16.2. The fourth-order valence-corrected chi connectivity index (χ4v) is 2.14. The summed E-state index contributed by atoms with van der Waals surface area (Å²) in [6, 6.07) is 0. The van der Waals surface area contributed by atoms with Gasteiger partial charge < -0.3 is 10.6 Å². The zero-order valence-electron chi connectivity index (χ0n) is 13.0. The molecule has 0 aliphatic heterocycles. The van der Waals surface area contributed by atoms with Gasteiger partial charge in [0.25, 0.3) is 0 Å².